The Morgan fingerprint density at radius 1 is 1.21 bits per heavy atom. The summed E-state index contributed by atoms with van der Waals surface area (Å²) in [5.41, 5.74) is 3.15. The van der Waals surface area contributed by atoms with E-state index in [9.17, 15) is 9.59 Å². The monoisotopic (exact) mass is 577 g/mol. The van der Waals surface area contributed by atoms with E-state index in [1.165, 1.54) is 7.11 Å². The lowest BCUT2D eigenvalue weighted by molar-refractivity contribution is -0.123. The number of hydrogen-bond donors (Lipinski definition) is 2. The zero-order valence-corrected chi connectivity index (χ0v) is 25.5. The summed E-state index contributed by atoms with van der Waals surface area (Å²) in [4.78, 5) is 31.5. The molecule has 1 aromatic carbocycles. The van der Waals surface area contributed by atoms with E-state index in [0.29, 0.717) is 64.3 Å². The Kier molecular flexibility index (Phi) is 9.26. The van der Waals surface area contributed by atoms with Crippen LogP contribution in [0.1, 0.15) is 65.3 Å². The number of ether oxygens (including phenoxy) is 3. The SMILES string of the molecule is COC(=O)c1c(C)c2c(c(Cl)c1CCNCc1c(SC)cc(C)[nH]c1=O)OC(C)(C1CCC(N(C)C)CC1)O2. The van der Waals surface area contributed by atoms with Crippen LogP contribution >= 0.6 is 23.4 Å². The molecule has 1 unspecified atom stereocenters. The molecule has 2 aliphatic rings. The minimum absolute atomic E-state index is 0.0991. The van der Waals surface area contributed by atoms with Crippen molar-refractivity contribution in [3.05, 3.63) is 49.4 Å². The summed E-state index contributed by atoms with van der Waals surface area (Å²) >= 11 is 8.49. The standard InChI is InChI=1S/C29H40ClN3O5S/c1-16-14-22(39-7)21(27(34)32-16)15-31-13-12-20-23(28(35)36-6)17(2)25-26(24(20)30)38-29(3,37-25)18-8-10-19(11-9-18)33(4)5/h14,18-19,31H,8-13,15H2,1-7H3,(H,32,34). The number of carbonyl (C=O) groups excluding carboxylic acids is 1. The highest BCUT2D eigenvalue weighted by Crippen LogP contribution is 2.53. The molecular weight excluding hydrogens is 538 g/mol. The molecule has 1 aromatic heterocycles. The summed E-state index contributed by atoms with van der Waals surface area (Å²) < 4.78 is 18.1. The number of nitrogens with zero attached hydrogens (tertiary/aromatic N) is 1. The molecule has 0 saturated heterocycles. The molecule has 1 fully saturated rings. The fourth-order valence-electron chi connectivity index (χ4n) is 5.86. The van der Waals surface area contributed by atoms with Gasteiger partial charge in [0.05, 0.1) is 17.7 Å². The van der Waals surface area contributed by atoms with Crippen molar-refractivity contribution in [2.75, 3.05) is 34.0 Å². The number of rotatable bonds is 9. The second-order valence-corrected chi connectivity index (χ2v) is 12.1. The summed E-state index contributed by atoms with van der Waals surface area (Å²) in [6.45, 7) is 6.60. The second-order valence-electron chi connectivity index (χ2n) is 10.9. The molecule has 2 heterocycles. The molecule has 1 aliphatic heterocycles. The Bertz CT molecular complexity index is 1290. The van der Waals surface area contributed by atoms with Crippen molar-refractivity contribution in [1.29, 1.82) is 0 Å². The highest BCUT2D eigenvalue weighted by molar-refractivity contribution is 7.98. The third-order valence-electron chi connectivity index (χ3n) is 8.16. The minimum atomic E-state index is -0.848. The fraction of sp³-hybridized carbons (Fsp3) is 0.586. The number of pyridine rings is 1. The number of halogens is 1. The first-order chi connectivity index (χ1) is 18.5. The van der Waals surface area contributed by atoms with Crippen LogP contribution in [0.25, 0.3) is 0 Å². The number of methoxy groups -OCH3 is 1. The molecule has 0 bridgehead atoms. The average molecular weight is 578 g/mol. The van der Waals surface area contributed by atoms with Crippen molar-refractivity contribution in [2.24, 2.45) is 5.92 Å². The van der Waals surface area contributed by atoms with Gasteiger partial charge >= 0.3 is 5.97 Å². The van der Waals surface area contributed by atoms with Crippen LogP contribution in [-0.4, -0.2) is 61.7 Å². The lowest BCUT2D eigenvalue weighted by Crippen LogP contribution is -2.46. The molecule has 2 aromatic rings. The third-order valence-corrected chi connectivity index (χ3v) is 9.36. The molecule has 0 radical (unpaired) electrons. The summed E-state index contributed by atoms with van der Waals surface area (Å²) in [6.07, 6.45) is 6.54. The number of aromatic nitrogens is 1. The maximum Gasteiger partial charge on any atom is 0.338 e. The van der Waals surface area contributed by atoms with Gasteiger partial charge in [0.25, 0.3) is 11.3 Å². The van der Waals surface area contributed by atoms with E-state index in [1.807, 2.05) is 33.1 Å². The molecule has 1 aliphatic carbocycles. The van der Waals surface area contributed by atoms with Crippen molar-refractivity contribution < 1.29 is 19.0 Å². The van der Waals surface area contributed by atoms with Crippen LogP contribution in [0.2, 0.25) is 5.02 Å². The fourth-order valence-corrected chi connectivity index (χ4v) is 6.88. The number of nitrogens with one attached hydrogen (secondary N) is 2. The molecule has 2 N–H and O–H groups in total. The van der Waals surface area contributed by atoms with Crippen molar-refractivity contribution in [2.45, 2.75) is 76.1 Å². The van der Waals surface area contributed by atoms with E-state index in [1.54, 1.807) is 11.8 Å². The van der Waals surface area contributed by atoms with Crippen LogP contribution in [0, 0.1) is 19.8 Å². The quantitative estimate of drug-likeness (QED) is 0.242. The Hall–Kier alpha value is -2.20. The molecule has 10 heteroatoms. The minimum Gasteiger partial charge on any atom is -0.465 e. The number of thioether (sulfide) groups is 1. The van der Waals surface area contributed by atoms with Crippen LogP contribution in [-0.2, 0) is 17.7 Å². The molecular formula is C29H40ClN3O5S. The first kappa shape index (κ1) is 29.8. The third kappa shape index (κ3) is 5.97. The molecule has 1 saturated carbocycles. The van der Waals surface area contributed by atoms with Gasteiger partial charge in [-0.25, -0.2) is 4.79 Å². The van der Waals surface area contributed by atoms with Gasteiger partial charge in [-0.1, -0.05) is 11.6 Å². The highest BCUT2D eigenvalue weighted by Gasteiger charge is 2.48. The number of hydrogen-bond acceptors (Lipinski definition) is 8. The van der Waals surface area contributed by atoms with Gasteiger partial charge in [-0.2, -0.15) is 0 Å². The van der Waals surface area contributed by atoms with Crippen LogP contribution in [0.15, 0.2) is 15.8 Å². The van der Waals surface area contributed by atoms with Gasteiger partial charge in [-0.05, 0) is 84.5 Å². The van der Waals surface area contributed by atoms with E-state index in [0.717, 1.165) is 36.3 Å². The number of benzene rings is 1. The molecule has 8 nitrogen and oxygen atoms in total. The van der Waals surface area contributed by atoms with E-state index in [4.69, 9.17) is 25.8 Å². The van der Waals surface area contributed by atoms with Gasteiger partial charge in [0.1, 0.15) is 0 Å². The molecule has 0 amide bonds. The predicted molar refractivity (Wildman–Crippen MR) is 156 cm³/mol. The maximum absolute atomic E-state index is 12.9. The zero-order chi connectivity index (χ0) is 28.5. The molecule has 1 atom stereocenters. The number of carbonyl (C=O) groups is 1. The normalized spacial score (nSPS) is 22.4. The topological polar surface area (TPSA) is 92.9 Å². The van der Waals surface area contributed by atoms with Crippen LogP contribution in [0.3, 0.4) is 0 Å². The second kappa shape index (κ2) is 12.1. The first-order valence-corrected chi connectivity index (χ1v) is 15.1. The van der Waals surface area contributed by atoms with Gasteiger partial charge < -0.3 is 29.4 Å². The van der Waals surface area contributed by atoms with Crippen LogP contribution in [0.5, 0.6) is 11.5 Å². The van der Waals surface area contributed by atoms with Crippen LogP contribution < -0.4 is 20.3 Å². The number of esters is 1. The molecule has 39 heavy (non-hydrogen) atoms. The van der Waals surface area contributed by atoms with Gasteiger partial charge in [-0.15, -0.1) is 11.8 Å². The van der Waals surface area contributed by atoms with Gasteiger partial charge in [0.2, 0.25) is 0 Å². The first-order valence-electron chi connectivity index (χ1n) is 13.5. The van der Waals surface area contributed by atoms with Crippen molar-refractivity contribution in [3.63, 3.8) is 0 Å². The Balaban J connectivity index is 1.55. The van der Waals surface area contributed by atoms with Crippen molar-refractivity contribution in [3.8, 4) is 11.5 Å². The van der Waals surface area contributed by atoms with Gasteiger partial charge in [-0.3, -0.25) is 4.79 Å². The van der Waals surface area contributed by atoms with Gasteiger partial charge in [0.15, 0.2) is 11.5 Å². The predicted octanol–water partition coefficient (Wildman–Crippen LogP) is 5.09. The van der Waals surface area contributed by atoms with Gasteiger partial charge in [0, 0.05) is 47.1 Å². The number of fused-ring (bicyclic) bond motifs is 1. The van der Waals surface area contributed by atoms with Crippen molar-refractivity contribution in [1.82, 2.24) is 15.2 Å². The lowest BCUT2D eigenvalue weighted by atomic mass is 9.81. The number of aromatic amines is 1. The van der Waals surface area contributed by atoms with E-state index >= 15 is 0 Å². The van der Waals surface area contributed by atoms with Crippen LogP contribution in [0.4, 0.5) is 0 Å². The Morgan fingerprint density at radius 2 is 1.87 bits per heavy atom. The summed E-state index contributed by atoms with van der Waals surface area (Å²) in [5, 5.41) is 3.72. The highest BCUT2D eigenvalue weighted by atomic mass is 35.5. The summed E-state index contributed by atoms with van der Waals surface area (Å²) in [5.74, 6) is -0.0882. The Labute approximate surface area is 240 Å². The van der Waals surface area contributed by atoms with E-state index in [-0.39, 0.29) is 11.5 Å². The summed E-state index contributed by atoms with van der Waals surface area (Å²) in [6, 6.07) is 2.53. The maximum atomic E-state index is 12.9. The molecule has 0 spiro atoms. The average Bonchev–Trinajstić information content (AvgIpc) is 3.29. The number of H-pyrrole nitrogens is 1. The molecule has 4 rings (SSSR count). The van der Waals surface area contributed by atoms with E-state index < -0.39 is 11.8 Å². The van der Waals surface area contributed by atoms with Crippen molar-refractivity contribution >= 4 is 29.3 Å². The lowest BCUT2D eigenvalue weighted by Gasteiger charge is -2.39. The zero-order valence-electron chi connectivity index (χ0n) is 24.0. The largest absolute Gasteiger partial charge is 0.465 e. The number of aryl methyl sites for hydroxylation is 1. The van der Waals surface area contributed by atoms with E-state index in [2.05, 4.69) is 29.3 Å². The Morgan fingerprint density at radius 3 is 2.49 bits per heavy atom. The summed E-state index contributed by atoms with van der Waals surface area (Å²) in [7, 11) is 5.61. The molecule has 214 valence electrons. The smallest absolute Gasteiger partial charge is 0.338 e.